The minimum Gasteiger partial charge on any atom is -0.326 e. The molecule has 31 heavy (non-hydrogen) atoms. The molecule has 1 aliphatic rings. The fraction of sp³-hybridized carbons (Fsp3) is 0.217. The summed E-state index contributed by atoms with van der Waals surface area (Å²) in [5.41, 5.74) is 3.32. The molecule has 1 unspecified atom stereocenters. The highest BCUT2D eigenvalue weighted by Crippen LogP contribution is 2.38. The summed E-state index contributed by atoms with van der Waals surface area (Å²) in [6.45, 7) is 3.41. The van der Waals surface area contributed by atoms with Crippen molar-refractivity contribution in [1.82, 2.24) is 9.78 Å². The van der Waals surface area contributed by atoms with Crippen LogP contribution < -0.4 is 10.6 Å². The van der Waals surface area contributed by atoms with E-state index in [9.17, 15) is 18.8 Å². The van der Waals surface area contributed by atoms with E-state index in [1.165, 1.54) is 23.7 Å². The largest absolute Gasteiger partial charge is 0.326 e. The number of hydrogen-bond donors (Lipinski definition) is 2. The number of carbonyl (C=O) groups is 3. The summed E-state index contributed by atoms with van der Waals surface area (Å²) < 4.78 is 14.9. The third-order valence-electron chi connectivity index (χ3n) is 5.24. The molecular weight excluding hydrogens is 399 g/mol. The summed E-state index contributed by atoms with van der Waals surface area (Å²) in [5, 5.41) is 10.1. The molecule has 0 aliphatic carbocycles. The Morgan fingerprint density at radius 2 is 1.81 bits per heavy atom. The maximum atomic E-state index is 13.3. The van der Waals surface area contributed by atoms with Gasteiger partial charge in [0.2, 0.25) is 5.91 Å². The van der Waals surface area contributed by atoms with Crippen molar-refractivity contribution in [3.05, 3.63) is 65.6 Å². The lowest BCUT2D eigenvalue weighted by Crippen LogP contribution is -2.24. The highest BCUT2D eigenvalue weighted by molar-refractivity contribution is 6.04. The summed E-state index contributed by atoms with van der Waals surface area (Å²) in [5.74, 6) is -0.566. The quantitative estimate of drug-likeness (QED) is 0.590. The number of benzene rings is 2. The molecular formula is C23H21FN4O3. The van der Waals surface area contributed by atoms with Crippen LogP contribution in [0.3, 0.4) is 0 Å². The normalized spacial score (nSPS) is 14.8. The van der Waals surface area contributed by atoms with Gasteiger partial charge in [0, 0.05) is 16.8 Å². The smallest absolute Gasteiger partial charge is 0.251 e. The standard InChI is InChI=1S/C23H21FN4O3/c1-3-18-21(15-4-8-16(24)9-5-15)22-26-23(31)19(28(22)27-18)12-20(30)25-17-10-6-14(7-11-17)13(2)29/h4-11,19H,3,12H2,1-2H3,(H,25,30)(H,26,31). The lowest BCUT2D eigenvalue weighted by atomic mass is 10.0. The molecule has 2 heterocycles. The van der Waals surface area contributed by atoms with Gasteiger partial charge in [0.1, 0.15) is 17.7 Å². The first-order chi connectivity index (χ1) is 14.9. The Hall–Kier alpha value is -3.81. The number of rotatable bonds is 6. The van der Waals surface area contributed by atoms with Gasteiger partial charge in [-0.1, -0.05) is 19.1 Å². The van der Waals surface area contributed by atoms with Gasteiger partial charge in [0.15, 0.2) is 5.78 Å². The Bertz CT molecular complexity index is 1170. The predicted octanol–water partition coefficient (Wildman–Crippen LogP) is 3.98. The first kappa shape index (κ1) is 20.5. The van der Waals surface area contributed by atoms with Gasteiger partial charge in [-0.25, -0.2) is 9.07 Å². The van der Waals surface area contributed by atoms with E-state index < -0.39 is 6.04 Å². The Morgan fingerprint density at radius 3 is 2.42 bits per heavy atom. The number of nitrogens with one attached hydrogen (secondary N) is 2. The molecule has 158 valence electrons. The van der Waals surface area contributed by atoms with Gasteiger partial charge in [0.25, 0.3) is 5.91 Å². The molecule has 2 N–H and O–H groups in total. The molecule has 0 radical (unpaired) electrons. The SMILES string of the molecule is CCc1nn2c(c1-c1ccc(F)cc1)NC(=O)C2CC(=O)Nc1ccc(C(C)=O)cc1. The lowest BCUT2D eigenvalue weighted by molar-refractivity contribution is -0.123. The second-order valence-electron chi connectivity index (χ2n) is 7.37. The number of anilines is 2. The Morgan fingerprint density at radius 1 is 1.13 bits per heavy atom. The molecule has 7 nitrogen and oxygen atoms in total. The number of hydrogen-bond acceptors (Lipinski definition) is 4. The van der Waals surface area contributed by atoms with Crippen molar-refractivity contribution in [3.8, 4) is 11.1 Å². The minimum atomic E-state index is -0.786. The summed E-state index contributed by atoms with van der Waals surface area (Å²) in [6, 6.07) is 11.8. The third kappa shape index (κ3) is 3.96. The molecule has 2 aromatic carbocycles. The highest BCUT2D eigenvalue weighted by atomic mass is 19.1. The van der Waals surface area contributed by atoms with Gasteiger partial charge in [-0.3, -0.25) is 14.4 Å². The number of aromatic nitrogens is 2. The molecule has 3 aromatic rings. The molecule has 1 aromatic heterocycles. The van der Waals surface area contributed by atoms with Gasteiger partial charge >= 0.3 is 0 Å². The monoisotopic (exact) mass is 420 g/mol. The average molecular weight is 420 g/mol. The number of Topliss-reactive ketones (excluding diaryl/α,β-unsaturated/α-hetero) is 1. The summed E-state index contributed by atoms with van der Waals surface area (Å²) in [6.07, 6.45) is 0.519. The number of nitrogens with zero attached hydrogens (tertiary/aromatic N) is 2. The van der Waals surface area contributed by atoms with Crippen LogP contribution in [-0.4, -0.2) is 27.4 Å². The van der Waals surface area contributed by atoms with Crippen LogP contribution in [0.1, 0.15) is 42.4 Å². The van der Waals surface area contributed by atoms with Crippen molar-refractivity contribution in [1.29, 1.82) is 0 Å². The van der Waals surface area contributed by atoms with E-state index in [0.29, 0.717) is 23.5 Å². The van der Waals surface area contributed by atoms with E-state index in [2.05, 4.69) is 15.7 Å². The molecule has 0 bridgehead atoms. The summed E-state index contributed by atoms with van der Waals surface area (Å²) in [4.78, 5) is 36.5. The number of halogens is 1. The molecule has 0 saturated carbocycles. The topological polar surface area (TPSA) is 93.1 Å². The molecule has 8 heteroatoms. The second kappa shape index (κ2) is 8.14. The number of amides is 2. The van der Waals surface area contributed by atoms with Gasteiger partial charge < -0.3 is 10.6 Å². The Kier molecular flexibility index (Phi) is 5.37. The van der Waals surface area contributed by atoms with E-state index in [4.69, 9.17) is 0 Å². The summed E-state index contributed by atoms with van der Waals surface area (Å²) >= 11 is 0. The van der Waals surface area contributed by atoms with Gasteiger partial charge in [0.05, 0.1) is 12.1 Å². The van der Waals surface area contributed by atoms with Crippen molar-refractivity contribution in [2.45, 2.75) is 32.7 Å². The van der Waals surface area contributed by atoms with Crippen LogP contribution >= 0.6 is 0 Å². The van der Waals surface area contributed by atoms with Gasteiger partial charge in [-0.05, 0) is 55.3 Å². The predicted molar refractivity (Wildman–Crippen MR) is 114 cm³/mol. The molecule has 0 saturated heterocycles. The van der Waals surface area contributed by atoms with Crippen molar-refractivity contribution in [3.63, 3.8) is 0 Å². The van der Waals surface area contributed by atoms with Crippen molar-refractivity contribution in [2.75, 3.05) is 10.6 Å². The molecule has 0 spiro atoms. The zero-order valence-corrected chi connectivity index (χ0v) is 17.1. The molecule has 1 aliphatic heterocycles. The van der Waals surface area contributed by atoms with Crippen molar-refractivity contribution >= 4 is 29.1 Å². The summed E-state index contributed by atoms with van der Waals surface area (Å²) in [7, 11) is 0. The first-order valence-electron chi connectivity index (χ1n) is 9.96. The minimum absolute atomic E-state index is 0.0598. The van der Waals surface area contributed by atoms with E-state index in [1.807, 2.05) is 6.92 Å². The van der Waals surface area contributed by atoms with Crippen LogP contribution in [0.25, 0.3) is 11.1 Å². The maximum Gasteiger partial charge on any atom is 0.251 e. The average Bonchev–Trinajstić information content (AvgIpc) is 3.24. The van der Waals surface area contributed by atoms with E-state index >= 15 is 0 Å². The lowest BCUT2D eigenvalue weighted by Gasteiger charge is -2.10. The first-order valence-corrected chi connectivity index (χ1v) is 9.96. The van der Waals surface area contributed by atoms with Crippen LogP contribution in [0.2, 0.25) is 0 Å². The van der Waals surface area contributed by atoms with Crippen LogP contribution in [0.15, 0.2) is 48.5 Å². The van der Waals surface area contributed by atoms with Crippen molar-refractivity contribution in [2.24, 2.45) is 0 Å². The highest BCUT2D eigenvalue weighted by Gasteiger charge is 2.36. The number of ketones is 1. The van der Waals surface area contributed by atoms with Crippen LogP contribution in [0, 0.1) is 5.82 Å². The fourth-order valence-corrected chi connectivity index (χ4v) is 3.66. The van der Waals surface area contributed by atoms with Crippen LogP contribution in [-0.2, 0) is 16.0 Å². The number of aryl methyl sites for hydroxylation is 1. The molecule has 4 rings (SSSR count). The Labute approximate surface area is 178 Å². The zero-order chi connectivity index (χ0) is 22.1. The van der Waals surface area contributed by atoms with E-state index in [0.717, 1.165) is 16.8 Å². The number of fused-ring (bicyclic) bond motifs is 1. The molecule has 0 fully saturated rings. The second-order valence-corrected chi connectivity index (χ2v) is 7.37. The van der Waals surface area contributed by atoms with E-state index in [1.54, 1.807) is 36.4 Å². The van der Waals surface area contributed by atoms with Crippen LogP contribution in [0.4, 0.5) is 15.9 Å². The number of carbonyl (C=O) groups excluding carboxylic acids is 3. The van der Waals surface area contributed by atoms with Crippen molar-refractivity contribution < 1.29 is 18.8 Å². The van der Waals surface area contributed by atoms with Gasteiger partial charge in [-0.2, -0.15) is 5.10 Å². The van der Waals surface area contributed by atoms with Gasteiger partial charge in [-0.15, -0.1) is 0 Å². The fourth-order valence-electron chi connectivity index (χ4n) is 3.66. The molecule has 2 amide bonds. The third-order valence-corrected chi connectivity index (χ3v) is 5.24. The van der Waals surface area contributed by atoms with E-state index in [-0.39, 0.29) is 29.8 Å². The maximum absolute atomic E-state index is 13.3. The Balaban J connectivity index is 1.56. The zero-order valence-electron chi connectivity index (χ0n) is 17.1. The molecule has 1 atom stereocenters. The van der Waals surface area contributed by atoms with Crippen LogP contribution in [0.5, 0.6) is 0 Å².